The van der Waals surface area contributed by atoms with Gasteiger partial charge in [-0.1, -0.05) is 20.8 Å². The molecule has 0 aromatic rings. The number of aliphatic hydroxyl groups is 1. The fourth-order valence-corrected chi connectivity index (χ4v) is 3.38. The zero-order valence-corrected chi connectivity index (χ0v) is 9.30. The molecule has 78 valence electrons. The largest absolute Gasteiger partial charge is 0.388 e. The highest BCUT2D eigenvalue weighted by Crippen LogP contribution is 2.64. The van der Waals surface area contributed by atoms with Gasteiger partial charge in [0.05, 0.1) is 17.1 Å². The van der Waals surface area contributed by atoms with E-state index < -0.39 is 11.0 Å². The molecule has 0 aromatic heterocycles. The second-order valence-corrected chi connectivity index (χ2v) is 6.06. The van der Waals surface area contributed by atoms with E-state index >= 15 is 0 Å². The van der Waals surface area contributed by atoms with Gasteiger partial charge in [-0.3, -0.25) is 0 Å². The molecule has 2 nitrogen and oxygen atoms in total. The third kappa shape index (κ3) is 1.12. The van der Waals surface area contributed by atoms with E-state index in [0.717, 1.165) is 25.7 Å². The lowest BCUT2D eigenvalue weighted by Crippen LogP contribution is -2.41. The van der Waals surface area contributed by atoms with Crippen molar-refractivity contribution in [2.45, 2.75) is 52.1 Å². The molecule has 2 heteroatoms. The summed E-state index contributed by atoms with van der Waals surface area (Å²) >= 11 is 0. The summed E-state index contributed by atoms with van der Waals surface area (Å²) in [6.45, 7) is 6.47. The lowest BCUT2D eigenvalue weighted by molar-refractivity contribution is -0.0428. The van der Waals surface area contributed by atoms with Gasteiger partial charge in [-0.05, 0) is 37.0 Å². The fraction of sp³-hybridized carbons (Fsp3) is 0.917. The minimum atomic E-state index is -0.717. The van der Waals surface area contributed by atoms with Crippen LogP contribution in [0.15, 0.2) is 0 Å². The molecular weight excluding hydrogens is 174 g/mol. The molecule has 2 atom stereocenters. The monoisotopic (exact) mass is 193 g/mol. The third-order valence-electron chi connectivity index (χ3n) is 4.21. The number of hydrogen-bond donors (Lipinski definition) is 1. The van der Waals surface area contributed by atoms with Crippen molar-refractivity contribution in [3.8, 4) is 6.07 Å². The first-order chi connectivity index (χ1) is 6.35. The van der Waals surface area contributed by atoms with Crippen molar-refractivity contribution >= 4 is 0 Å². The predicted molar refractivity (Wildman–Crippen MR) is 54.4 cm³/mol. The number of nitrogens with zero attached hydrogens (tertiary/aromatic N) is 1. The average molecular weight is 193 g/mol. The zero-order chi connectivity index (χ0) is 10.6. The Labute approximate surface area is 85.9 Å². The van der Waals surface area contributed by atoms with E-state index in [4.69, 9.17) is 5.26 Å². The smallest absolute Gasteiger partial charge is 0.0864 e. The zero-order valence-electron chi connectivity index (χ0n) is 9.30. The molecule has 2 fully saturated rings. The Morgan fingerprint density at radius 2 is 1.93 bits per heavy atom. The van der Waals surface area contributed by atoms with Crippen LogP contribution in [0.5, 0.6) is 0 Å². The predicted octanol–water partition coefficient (Wildman–Crippen LogP) is 2.48. The summed E-state index contributed by atoms with van der Waals surface area (Å²) < 4.78 is 0. The molecule has 0 saturated heterocycles. The molecule has 2 aliphatic carbocycles. The molecule has 0 heterocycles. The summed E-state index contributed by atoms with van der Waals surface area (Å²) in [6, 6.07) is 2.35. The molecule has 0 aromatic carbocycles. The van der Waals surface area contributed by atoms with Crippen LogP contribution in [0.25, 0.3) is 0 Å². The highest BCUT2D eigenvalue weighted by atomic mass is 16.3. The first-order valence-corrected chi connectivity index (χ1v) is 5.49. The standard InChI is InChI=1S/C12H19NO/c1-9-6-10(2,3)7-12(9,14)11(8-13)4-5-11/h9,14H,4-7H2,1-3H3. The van der Waals surface area contributed by atoms with Crippen LogP contribution in [-0.2, 0) is 0 Å². The topological polar surface area (TPSA) is 44.0 Å². The van der Waals surface area contributed by atoms with Crippen molar-refractivity contribution in [3.05, 3.63) is 0 Å². The fourth-order valence-electron chi connectivity index (χ4n) is 3.38. The average Bonchev–Trinajstić information content (AvgIpc) is 2.78. The minimum absolute atomic E-state index is 0.195. The minimum Gasteiger partial charge on any atom is -0.388 e. The van der Waals surface area contributed by atoms with Gasteiger partial charge in [-0.15, -0.1) is 0 Å². The van der Waals surface area contributed by atoms with E-state index in [1.807, 2.05) is 0 Å². The lowest BCUT2D eigenvalue weighted by atomic mass is 9.77. The summed E-state index contributed by atoms with van der Waals surface area (Å²) in [4.78, 5) is 0. The second kappa shape index (κ2) is 2.52. The lowest BCUT2D eigenvalue weighted by Gasteiger charge is -2.33. The maximum Gasteiger partial charge on any atom is 0.0864 e. The molecular formula is C12H19NO. The van der Waals surface area contributed by atoms with Crippen molar-refractivity contribution in [2.24, 2.45) is 16.7 Å². The highest BCUT2D eigenvalue weighted by Gasteiger charge is 2.65. The van der Waals surface area contributed by atoms with Crippen molar-refractivity contribution in [1.29, 1.82) is 5.26 Å². The van der Waals surface area contributed by atoms with Gasteiger partial charge in [0.15, 0.2) is 0 Å². The number of rotatable bonds is 1. The number of nitriles is 1. The van der Waals surface area contributed by atoms with Crippen LogP contribution in [0.1, 0.15) is 46.5 Å². The molecule has 0 spiro atoms. The SMILES string of the molecule is CC1CC(C)(C)CC1(O)C1(C#N)CC1. The number of hydrogen-bond acceptors (Lipinski definition) is 2. The Morgan fingerprint density at radius 1 is 1.36 bits per heavy atom. The Balaban J connectivity index is 2.30. The maximum absolute atomic E-state index is 10.7. The van der Waals surface area contributed by atoms with Gasteiger partial charge in [0.1, 0.15) is 0 Å². The summed E-state index contributed by atoms with van der Waals surface area (Å²) in [5, 5.41) is 19.8. The van der Waals surface area contributed by atoms with Crippen LogP contribution in [0.2, 0.25) is 0 Å². The normalized spacial score (nSPS) is 43.2. The van der Waals surface area contributed by atoms with E-state index in [1.54, 1.807) is 0 Å². The summed E-state index contributed by atoms with van der Waals surface area (Å²) in [6.07, 6.45) is 3.60. The van der Waals surface area contributed by atoms with Gasteiger partial charge < -0.3 is 5.11 Å². The first kappa shape index (κ1) is 9.98. The van der Waals surface area contributed by atoms with Gasteiger partial charge in [-0.25, -0.2) is 0 Å². The van der Waals surface area contributed by atoms with Crippen LogP contribution in [0.3, 0.4) is 0 Å². The Hall–Kier alpha value is -0.550. The van der Waals surface area contributed by atoms with Crippen molar-refractivity contribution in [3.63, 3.8) is 0 Å². The van der Waals surface area contributed by atoms with E-state index in [1.165, 1.54) is 0 Å². The highest BCUT2D eigenvalue weighted by molar-refractivity contribution is 5.24. The van der Waals surface area contributed by atoms with Crippen LogP contribution in [-0.4, -0.2) is 10.7 Å². The third-order valence-corrected chi connectivity index (χ3v) is 4.21. The molecule has 2 unspecified atom stereocenters. The van der Waals surface area contributed by atoms with Crippen molar-refractivity contribution in [2.75, 3.05) is 0 Å². The van der Waals surface area contributed by atoms with E-state index in [2.05, 4.69) is 26.8 Å². The van der Waals surface area contributed by atoms with Gasteiger partial charge in [0, 0.05) is 0 Å². The quantitative estimate of drug-likeness (QED) is 0.695. The van der Waals surface area contributed by atoms with Crippen LogP contribution in [0, 0.1) is 28.1 Å². The molecule has 0 aliphatic heterocycles. The van der Waals surface area contributed by atoms with E-state index in [0.29, 0.717) is 0 Å². The van der Waals surface area contributed by atoms with Gasteiger partial charge >= 0.3 is 0 Å². The molecule has 2 saturated carbocycles. The maximum atomic E-state index is 10.7. The van der Waals surface area contributed by atoms with E-state index in [-0.39, 0.29) is 11.3 Å². The van der Waals surface area contributed by atoms with Gasteiger partial charge in [-0.2, -0.15) is 5.26 Å². The Morgan fingerprint density at radius 3 is 2.21 bits per heavy atom. The van der Waals surface area contributed by atoms with Crippen molar-refractivity contribution < 1.29 is 5.11 Å². The van der Waals surface area contributed by atoms with Crippen LogP contribution in [0.4, 0.5) is 0 Å². The van der Waals surface area contributed by atoms with Crippen LogP contribution >= 0.6 is 0 Å². The van der Waals surface area contributed by atoms with Gasteiger partial charge in [0.2, 0.25) is 0 Å². The summed E-state index contributed by atoms with van der Waals surface area (Å²) in [5.74, 6) is 0.264. The molecule has 0 bridgehead atoms. The first-order valence-electron chi connectivity index (χ1n) is 5.49. The molecule has 0 radical (unpaired) electrons. The summed E-state index contributed by atoms with van der Waals surface area (Å²) in [5.41, 5.74) is -0.925. The van der Waals surface area contributed by atoms with Crippen molar-refractivity contribution in [1.82, 2.24) is 0 Å². The molecule has 2 rings (SSSR count). The Kier molecular flexibility index (Phi) is 1.80. The molecule has 14 heavy (non-hydrogen) atoms. The van der Waals surface area contributed by atoms with E-state index in [9.17, 15) is 5.11 Å². The van der Waals surface area contributed by atoms with Crippen LogP contribution < -0.4 is 0 Å². The molecule has 2 aliphatic rings. The summed E-state index contributed by atoms with van der Waals surface area (Å²) in [7, 11) is 0. The molecule has 1 N–H and O–H groups in total. The van der Waals surface area contributed by atoms with Gasteiger partial charge in [0.25, 0.3) is 0 Å². The Bertz CT molecular complexity index is 298. The second-order valence-electron chi connectivity index (χ2n) is 6.06. The molecule has 0 amide bonds.